The Kier molecular flexibility index (Phi) is 4.28. The summed E-state index contributed by atoms with van der Waals surface area (Å²) in [6.45, 7) is 0. The molecule has 0 bridgehead atoms. The minimum Gasteiger partial charge on any atom is -0.326 e. The summed E-state index contributed by atoms with van der Waals surface area (Å²) in [6.07, 6.45) is 6.78. The van der Waals surface area contributed by atoms with Gasteiger partial charge in [0.15, 0.2) is 0 Å². The summed E-state index contributed by atoms with van der Waals surface area (Å²) in [5, 5.41) is 5.02. The maximum atomic E-state index is 13.6. The molecular formula is C21H26N3O3S+. The van der Waals surface area contributed by atoms with Gasteiger partial charge in [-0.15, -0.1) is 0 Å². The predicted octanol–water partition coefficient (Wildman–Crippen LogP) is 1.08. The van der Waals surface area contributed by atoms with Crippen LogP contribution in [0.4, 0.5) is 5.69 Å². The molecule has 148 valence electrons. The predicted molar refractivity (Wildman–Crippen MR) is 107 cm³/mol. The molecule has 1 spiro atoms. The molecule has 5 rings (SSSR count). The molecule has 4 aliphatic rings. The van der Waals surface area contributed by atoms with E-state index >= 15 is 0 Å². The third-order valence-corrected chi connectivity index (χ3v) is 7.80. The van der Waals surface area contributed by atoms with Gasteiger partial charge in [0, 0.05) is 18.0 Å². The summed E-state index contributed by atoms with van der Waals surface area (Å²) < 4.78 is 0. The monoisotopic (exact) mass is 400 g/mol. The Morgan fingerprint density at radius 1 is 1.18 bits per heavy atom. The number of hydrogen-bond acceptors (Lipinski definition) is 4. The zero-order valence-electron chi connectivity index (χ0n) is 16.0. The molecule has 3 fully saturated rings. The van der Waals surface area contributed by atoms with Gasteiger partial charge in [0.25, 0.3) is 5.91 Å². The van der Waals surface area contributed by atoms with Crippen LogP contribution in [0, 0.1) is 11.8 Å². The highest BCUT2D eigenvalue weighted by Crippen LogP contribution is 2.50. The van der Waals surface area contributed by atoms with Crippen molar-refractivity contribution in [3.05, 3.63) is 29.8 Å². The minimum absolute atomic E-state index is 0.0172. The first-order valence-electron chi connectivity index (χ1n) is 10.2. The quantitative estimate of drug-likeness (QED) is 0.741. The van der Waals surface area contributed by atoms with E-state index in [9.17, 15) is 14.4 Å². The zero-order valence-corrected chi connectivity index (χ0v) is 16.8. The Morgan fingerprint density at radius 3 is 2.68 bits per heavy atom. The van der Waals surface area contributed by atoms with Crippen LogP contribution in [0.1, 0.15) is 37.7 Å². The van der Waals surface area contributed by atoms with E-state index in [0.29, 0.717) is 0 Å². The lowest BCUT2D eigenvalue weighted by Gasteiger charge is -2.28. The Labute approximate surface area is 168 Å². The van der Waals surface area contributed by atoms with Crippen LogP contribution in [0.3, 0.4) is 0 Å². The maximum absolute atomic E-state index is 13.6. The van der Waals surface area contributed by atoms with Crippen molar-refractivity contribution in [3.63, 3.8) is 0 Å². The molecule has 1 aromatic rings. The SMILES string of the molecule is CSCC[C@@H]1[NH2+][C@@]2(C(=O)Nc3ccccc32)[C@H]2C(=O)N(C3CCCC3)C(=O)[C@H]12. The summed E-state index contributed by atoms with van der Waals surface area (Å²) in [5.41, 5.74) is 0.619. The number of likely N-dealkylation sites (tertiary alicyclic amines) is 1. The van der Waals surface area contributed by atoms with E-state index in [-0.39, 0.29) is 29.8 Å². The second-order valence-electron chi connectivity index (χ2n) is 8.47. The van der Waals surface area contributed by atoms with Crippen molar-refractivity contribution >= 4 is 35.2 Å². The lowest BCUT2D eigenvalue weighted by molar-refractivity contribution is -0.733. The van der Waals surface area contributed by atoms with E-state index in [1.165, 1.54) is 0 Å². The normalized spacial score (nSPS) is 34.4. The van der Waals surface area contributed by atoms with Crippen LogP contribution in [0.15, 0.2) is 24.3 Å². The molecule has 1 saturated carbocycles. The number of amides is 3. The van der Waals surface area contributed by atoms with Crippen molar-refractivity contribution in [2.24, 2.45) is 11.8 Å². The average molecular weight is 401 g/mol. The summed E-state index contributed by atoms with van der Waals surface area (Å²) in [7, 11) is 0. The number of nitrogens with two attached hydrogens (primary N) is 1. The standard InChI is InChI=1S/C21H25N3O3S/c1-28-11-10-15-16-17(19(26)24(18(16)25)12-6-2-3-7-12)21(23-15)13-8-4-5-9-14(13)22-20(21)27/h4-5,8-9,12,15-17,23H,2-3,6-7,10-11H2,1H3,(H,22,27)/p+1/t15-,16+,17+,21+/m0/s1. The lowest BCUT2D eigenvalue weighted by Crippen LogP contribution is -2.99. The molecule has 3 amide bonds. The van der Waals surface area contributed by atoms with Gasteiger partial charge in [-0.25, -0.2) is 0 Å². The van der Waals surface area contributed by atoms with Crippen LogP contribution >= 0.6 is 11.8 Å². The number of benzene rings is 1. The van der Waals surface area contributed by atoms with Crippen LogP contribution in [0.2, 0.25) is 0 Å². The van der Waals surface area contributed by atoms with Crippen LogP contribution in [-0.2, 0) is 19.9 Å². The fourth-order valence-electron chi connectivity index (χ4n) is 5.98. The molecule has 3 N–H and O–H groups in total. The molecule has 3 aliphatic heterocycles. The molecule has 3 heterocycles. The van der Waals surface area contributed by atoms with Gasteiger partial charge in [-0.1, -0.05) is 31.0 Å². The molecule has 1 aromatic carbocycles. The van der Waals surface area contributed by atoms with Gasteiger partial charge in [-0.05, 0) is 30.9 Å². The summed E-state index contributed by atoms with van der Waals surface area (Å²) >= 11 is 1.74. The van der Waals surface area contributed by atoms with Gasteiger partial charge in [-0.3, -0.25) is 19.3 Å². The third-order valence-electron chi connectivity index (χ3n) is 7.16. The molecule has 28 heavy (non-hydrogen) atoms. The molecule has 2 saturated heterocycles. The first kappa shape index (κ1) is 18.2. The third kappa shape index (κ3) is 2.29. The van der Waals surface area contributed by atoms with Gasteiger partial charge < -0.3 is 10.6 Å². The van der Waals surface area contributed by atoms with E-state index < -0.39 is 17.4 Å². The minimum atomic E-state index is -1.01. The number of carbonyl (C=O) groups is 3. The smallest absolute Gasteiger partial charge is 0.291 e. The van der Waals surface area contributed by atoms with Crippen molar-refractivity contribution in [1.82, 2.24) is 4.90 Å². The summed E-state index contributed by atoms with van der Waals surface area (Å²) in [6, 6.07) is 7.60. The van der Waals surface area contributed by atoms with E-state index in [2.05, 4.69) is 5.32 Å². The highest BCUT2D eigenvalue weighted by Gasteiger charge is 2.74. The highest BCUT2D eigenvalue weighted by atomic mass is 32.2. The van der Waals surface area contributed by atoms with E-state index in [1.807, 2.05) is 35.8 Å². The first-order chi connectivity index (χ1) is 13.6. The fourth-order valence-corrected chi connectivity index (χ4v) is 6.49. The zero-order chi connectivity index (χ0) is 19.5. The van der Waals surface area contributed by atoms with Crippen LogP contribution in [0.25, 0.3) is 0 Å². The van der Waals surface area contributed by atoms with E-state index in [0.717, 1.165) is 49.1 Å². The molecule has 4 atom stereocenters. The van der Waals surface area contributed by atoms with Crippen LogP contribution < -0.4 is 10.6 Å². The Morgan fingerprint density at radius 2 is 1.93 bits per heavy atom. The van der Waals surface area contributed by atoms with Crippen LogP contribution in [0.5, 0.6) is 0 Å². The molecule has 0 radical (unpaired) electrons. The Balaban J connectivity index is 1.61. The maximum Gasteiger partial charge on any atom is 0.291 e. The second kappa shape index (κ2) is 6.59. The number of carbonyl (C=O) groups excluding carboxylic acids is 3. The number of rotatable bonds is 4. The fraction of sp³-hybridized carbons (Fsp3) is 0.571. The molecular weight excluding hydrogens is 374 g/mol. The first-order valence-corrected chi connectivity index (χ1v) is 11.6. The number of quaternary nitrogens is 1. The number of hydrogen-bond donors (Lipinski definition) is 2. The number of anilines is 1. The Bertz CT molecular complexity index is 853. The van der Waals surface area contributed by atoms with E-state index in [4.69, 9.17) is 0 Å². The lowest BCUT2D eigenvalue weighted by atomic mass is 9.76. The topological polar surface area (TPSA) is 83.1 Å². The van der Waals surface area contributed by atoms with Crippen molar-refractivity contribution < 1.29 is 19.7 Å². The number of nitrogens with one attached hydrogen (secondary N) is 1. The van der Waals surface area contributed by atoms with Crippen molar-refractivity contribution in [2.75, 3.05) is 17.3 Å². The van der Waals surface area contributed by atoms with Gasteiger partial charge in [0.05, 0.1) is 5.69 Å². The molecule has 0 aromatic heterocycles. The number of para-hydroxylation sites is 1. The summed E-state index contributed by atoms with van der Waals surface area (Å²) in [4.78, 5) is 41.9. The van der Waals surface area contributed by atoms with Gasteiger partial charge >= 0.3 is 0 Å². The number of thioether (sulfide) groups is 1. The highest BCUT2D eigenvalue weighted by molar-refractivity contribution is 7.98. The van der Waals surface area contributed by atoms with Crippen molar-refractivity contribution in [1.29, 1.82) is 0 Å². The van der Waals surface area contributed by atoms with E-state index in [1.54, 1.807) is 16.7 Å². The molecule has 7 heteroatoms. The number of nitrogens with zero attached hydrogens (tertiary/aromatic N) is 1. The molecule has 0 unspecified atom stereocenters. The van der Waals surface area contributed by atoms with Gasteiger partial charge in [0.1, 0.15) is 17.9 Å². The number of imide groups is 1. The summed E-state index contributed by atoms with van der Waals surface area (Å²) in [5.74, 6) is -0.415. The van der Waals surface area contributed by atoms with Gasteiger partial charge in [0.2, 0.25) is 17.4 Å². The molecule has 1 aliphatic carbocycles. The average Bonchev–Trinajstić information content (AvgIpc) is 3.42. The largest absolute Gasteiger partial charge is 0.326 e. The molecule has 6 nitrogen and oxygen atoms in total. The van der Waals surface area contributed by atoms with Gasteiger partial charge in [-0.2, -0.15) is 11.8 Å². The Hall–Kier alpha value is -1.86. The van der Waals surface area contributed by atoms with Crippen molar-refractivity contribution in [2.45, 2.75) is 49.7 Å². The van der Waals surface area contributed by atoms with Crippen LogP contribution in [-0.4, -0.2) is 46.7 Å². The number of fused-ring (bicyclic) bond motifs is 4. The second-order valence-corrected chi connectivity index (χ2v) is 9.45. The van der Waals surface area contributed by atoms with Crippen molar-refractivity contribution in [3.8, 4) is 0 Å².